The molecule has 2 atom stereocenters. The normalized spacial score (nSPS) is 16.3. The molecule has 19 heavy (non-hydrogen) atoms. The third-order valence-corrected chi connectivity index (χ3v) is 9.83. The minimum absolute atomic E-state index is 0.0362. The van der Waals surface area contributed by atoms with Crippen LogP contribution in [0.4, 0.5) is 0 Å². The second-order valence-electron chi connectivity index (χ2n) is 5.24. The van der Waals surface area contributed by atoms with E-state index in [-0.39, 0.29) is 18.6 Å². The number of hydrogen-bond donors (Lipinski definition) is 1. The largest absolute Gasteiger partial charge is 0.410 e. The van der Waals surface area contributed by atoms with Gasteiger partial charge in [-0.2, -0.15) is 0 Å². The molecule has 4 heteroatoms. The molecule has 0 spiro atoms. The Labute approximate surface area is 133 Å². The fourth-order valence-corrected chi connectivity index (χ4v) is 5.56. The predicted octanol–water partition coefficient (Wildman–Crippen LogP) is 4.90. The Morgan fingerprint density at radius 2 is 1.79 bits per heavy atom. The first kappa shape index (κ1) is 19.3. The Morgan fingerprint density at radius 3 is 2.11 bits per heavy atom. The first-order valence-corrected chi connectivity index (χ1v) is 10.9. The summed E-state index contributed by atoms with van der Waals surface area (Å²) in [6, 6.07) is 3.43. The van der Waals surface area contributed by atoms with E-state index in [9.17, 15) is 5.11 Å². The van der Waals surface area contributed by atoms with Gasteiger partial charge in [0, 0.05) is 5.92 Å². The molecule has 1 N–H and O–H groups in total. The van der Waals surface area contributed by atoms with Crippen molar-refractivity contribution in [1.82, 2.24) is 0 Å². The fourth-order valence-electron chi connectivity index (χ4n) is 2.28. The lowest BCUT2D eigenvalue weighted by atomic mass is 9.93. The van der Waals surface area contributed by atoms with Crippen LogP contribution in [0.3, 0.4) is 0 Å². The summed E-state index contributed by atoms with van der Waals surface area (Å²) >= 11 is 2.27. The molecule has 2 nitrogen and oxygen atoms in total. The van der Waals surface area contributed by atoms with E-state index in [0.717, 1.165) is 23.7 Å². The summed E-state index contributed by atoms with van der Waals surface area (Å²) in [6.07, 6.45) is 0.0584. The van der Waals surface area contributed by atoms with Crippen molar-refractivity contribution in [2.45, 2.75) is 58.9 Å². The second-order valence-corrected chi connectivity index (χ2v) is 10.6. The van der Waals surface area contributed by atoms with Crippen LogP contribution in [-0.4, -0.2) is 26.1 Å². The van der Waals surface area contributed by atoms with Crippen molar-refractivity contribution >= 4 is 30.9 Å². The zero-order valence-electron chi connectivity index (χ0n) is 13.0. The smallest absolute Gasteiger partial charge is 0.192 e. The summed E-state index contributed by atoms with van der Waals surface area (Å²) in [5.74, 6) is 0.160. The monoisotopic (exact) mass is 396 g/mol. The molecule has 0 saturated carbocycles. The van der Waals surface area contributed by atoms with Gasteiger partial charge in [0.25, 0.3) is 0 Å². The van der Waals surface area contributed by atoms with Crippen LogP contribution >= 0.6 is 22.6 Å². The minimum Gasteiger partial charge on any atom is -0.410 e. The summed E-state index contributed by atoms with van der Waals surface area (Å²) in [7, 11) is -1.65. The number of aliphatic hydroxyl groups is 1. The highest BCUT2D eigenvalue weighted by Crippen LogP contribution is 2.31. The average Bonchev–Trinajstić information content (AvgIpc) is 2.47. The van der Waals surface area contributed by atoms with Crippen molar-refractivity contribution in [2.75, 3.05) is 6.61 Å². The highest BCUT2D eigenvalue weighted by atomic mass is 127. The molecule has 0 aromatic heterocycles. The summed E-state index contributed by atoms with van der Waals surface area (Å²) < 4.78 is 8.70. The molecular weight excluding hydrogens is 367 g/mol. The molecule has 0 aliphatic heterocycles. The van der Waals surface area contributed by atoms with Crippen molar-refractivity contribution < 1.29 is 9.53 Å². The Bertz CT molecular complexity index is 303. The van der Waals surface area contributed by atoms with Crippen LogP contribution in [-0.2, 0) is 4.43 Å². The van der Waals surface area contributed by atoms with Gasteiger partial charge in [-0.15, -0.1) is 0 Å². The van der Waals surface area contributed by atoms with Gasteiger partial charge in [-0.3, -0.25) is 0 Å². The number of rotatable bonds is 9. The maximum atomic E-state index is 9.31. The lowest BCUT2D eigenvalue weighted by Crippen LogP contribution is -2.43. The van der Waals surface area contributed by atoms with Crippen LogP contribution in [0, 0.1) is 5.92 Å². The Kier molecular flexibility index (Phi) is 9.48. The van der Waals surface area contributed by atoms with Crippen LogP contribution in [0.2, 0.25) is 18.1 Å². The van der Waals surface area contributed by atoms with Crippen LogP contribution in [0.1, 0.15) is 34.6 Å². The van der Waals surface area contributed by atoms with E-state index in [4.69, 9.17) is 4.43 Å². The molecule has 112 valence electrons. The summed E-state index contributed by atoms with van der Waals surface area (Å²) in [6.45, 7) is 14.9. The van der Waals surface area contributed by atoms with Gasteiger partial charge in [0.1, 0.15) is 0 Å². The quantitative estimate of drug-likeness (QED) is 0.341. The standard InChI is InChI=1S/C15H29IO2Si/c1-7-19(8-2,9-3)18-15(12(4)10-16)14(6)13(5)11-17/h10,14-15,17H,5,7-9,11H2,1-4,6H3/b12-10+/t14-,15+/m1/s1. The van der Waals surface area contributed by atoms with Crippen LogP contribution in [0.5, 0.6) is 0 Å². The fraction of sp³-hybridized carbons (Fsp3) is 0.733. The van der Waals surface area contributed by atoms with Gasteiger partial charge in [-0.05, 0) is 40.3 Å². The highest BCUT2D eigenvalue weighted by molar-refractivity contribution is 14.1. The third kappa shape index (κ3) is 5.32. The highest BCUT2D eigenvalue weighted by Gasteiger charge is 2.35. The number of halogens is 1. The molecule has 0 amide bonds. The predicted molar refractivity (Wildman–Crippen MR) is 95.2 cm³/mol. The number of hydrogen-bond acceptors (Lipinski definition) is 2. The molecule has 0 radical (unpaired) electrons. The van der Waals surface area contributed by atoms with E-state index >= 15 is 0 Å². The second kappa shape index (κ2) is 9.31. The van der Waals surface area contributed by atoms with Crippen LogP contribution < -0.4 is 0 Å². The molecule has 0 aliphatic rings. The topological polar surface area (TPSA) is 29.5 Å². The maximum Gasteiger partial charge on any atom is 0.192 e. The Morgan fingerprint density at radius 1 is 1.32 bits per heavy atom. The molecule has 0 aliphatic carbocycles. The van der Waals surface area contributed by atoms with Crippen molar-refractivity contribution in [2.24, 2.45) is 5.92 Å². The summed E-state index contributed by atoms with van der Waals surface area (Å²) in [5.41, 5.74) is 2.09. The van der Waals surface area contributed by atoms with Gasteiger partial charge in [-0.25, -0.2) is 0 Å². The van der Waals surface area contributed by atoms with E-state index in [2.05, 4.69) is 67.9 Å². The van der Waals surface area contributed by atoms with Crippen LogP contribution in [0.25, 0.3) is 0 Å². The zero-order chi connectivity index (χ0) is 15.1. The van der Waals surface area contributed by atoms with Gasteiger partial charge in [-0.1, -0.05) is 56.9 Å². The Balaban J connectivity index is 5.22. The lowest BCUT2D eigenvalue weighted by Gasteiger charge is -2.37. The van der Waals surface area contributed by atoms with Crippen molar-refractivity contribution in [3.63, 3.8) is 0 Å². The maximum absolute atomic E-state index is 9.31. The van der Waals surface area contributed by atoms with Gasteiger partial charge in [0.2, 0.25) is 0 Å². The van der Waals surface area contributed by atoms with Gasteiger partial charge < -0.3 is 9.53 Å². The molecule has 0 heterocycles. The molecule has 0 fully saturated rings. The van der Waals surface area contributed by atoms with E-state index in [1.165, 1.54) is 5.57 Å². The summed E-state index contributed by atoms with van der Waals surface area (Å²) in [5, 5.41) is 9.31. The van der Waals surface area contributed by atoms with Crippen molar-refractivity contribution in [3.05, 3.63) is 21.8 Å². The van der Waals surface area contributed by atoms with Crippen molar-refractivity contribution in [1.29, 1.82) is 0 Å². The van der Waals surface area contributed by atoms with E-state index in [0.29, 0.717) is 0 Å². The van der Waals surface area contributed by atoms with Crippen molar-refractivity contribution in [3.8, 4) is 0 Å². The van der Waals surface area contributed by atoms with Gasteiger partial charge in [0.05, 0.1) is 12.7 Å². The molecule has 0 aromatic rings. The Hall–Kier alpha value is 0.347. The van der Waals surface area contributed by atoms with Crippen LogP contribution in [0.15, 0.2) is 21.8 Å². The minimum atomic E-state index is -1.65. The van der Waals surface area contributed by atoms with E-state index < -0.39 is 8.32 Å². The zero-order valence-corrected chi connectivity index (χ0v) is 16.2. The van der Waals surface area contributed by atoms with E-state index in [1.54, 1.807) is 0 Å². The lowest BCUT2D eigenvalue weighted by molar-refractivity contribution is 0.170. The molecule has 0 rings (SSSR count). The molecule has 0 unspecified atom stereocenters. The molecule has 0 aromatic carbocycles. The van der Waals surface area contributed by atoms with E-state index in [1.807, 2.05) is 0 Å². The molecule has 0 bridgehead atoms. The molecule has 0 saturated heterocycles. The molecular formula is C15H29IO2Si. The first-order chi connectivity index (χ1) is 8.91. The third-order valence-electron chi connectivity index (χ3n) is 4.23. The van der Waals surface area contributed by atoms with Gasteiger partial charge in [0.15, 0.2) is 8.32 Å². The number of aliphatic hydroxyl groups excluding tert-OH is 1. The first-order valence-electron chi connectivity index (χ1n) is 7.14. The SMILES string of the molecule is C=C(CO)[C@@H](C)[C@@H](O[Si](CC)(CC)CC)/C(C)=C/I. The van der Waals surface area contributed by atoms with Gasteiger partial charge >= 0.3 is 0 Å². The average molecular weight is 396 g/mol. The summed E-state index contributed by atoms with van der Waals surface area (Å²) in [4.78, 5) is 0.